The highest BCUT2D eigenvalue weighted by Gasteiger charge is 2.38. The molecule has 4 nitrogen and oxygen atoms in total. The molecule has 30 heavy (non-hydrogen) atoms. The van der Waals surface area contributed by atoms with E-state index < -0.39 is 0 Å². The van der Waals surface area contributed by atoms with Crippen LogP contribution in [0.15, 0.2) is 59.8 Å². The largest absolute Gasteiger partial charge is 0.463 e. The van der Waals surface area contributed by atoms with E-state index in [1.54, 1.807) is 4.90 Å². The van der Waals surface area contributed by atoms with E-state index in [1.807, 2.05) is 69.3 Å². The first-order chi connectivity index (χ1) is 14.4. The van der Waals surface area contributed by atoms with Gasteiger partial charge in [0.25, 0.3) is 0 Å². The summed E-state index contributed by atoms with van der Waals surface area (Å²) in [5.74, 6) is -0.529. The molecule has 4 heteroatoms. The van der Waals surface area contributed by atoms with Crippen LogP contribution < -0.4 is 0 Å². The monoisotopic (exact) mass is 405 g/mol. The van der Waals surface area contributed by atoms with E-state index in [9.17, 15) is 9.59 Å². The van der Waals surface area contributed by atoms with Crippen LogP contribution in [0, 0.1) is 13.8 Å². The zero-order valence-electron chi connectivity index (χ0n) is 18.4. The molecule has 3 rings (SSSR count). The maximum Gasteiger partial charge on any atom is 0.336 e. The highest BCUT2D eigenvalue weighted by molar-refractivity contribution is 5.96. The predicted octanol–water partition coefficient (Wildman–Crippen LogP) is 5.44. The minimum Gasteiger partial charge on any atom is -0.463 e. The smallest absolute Gasteiger partial charge is 0.336 e. The van der Waals surface area contributed by atoms with Gasteiger partial charge in [0.2, 0.25) is 5.91 Å². The number of esters is 1. The Morgan fingerprint density at radius 1 is 1.00 bits per heavy atom. The first kappa shape index (κ1) is 21.8. The Morgan fingerprint density at radius 2 is 1.60 bits per heavy atom. The van der Waals surface area contributed by atoms with Crippen molar-refractivity contribution in [1.82, 2.24) is 4.90 Å². The lowest BCUT2D eigenvalue weighted by molar-refractivity contribution is -0.140. The lowest BCUT2D eigenvalue weighted by atomic mass is 9.82. The molecule has 0 bridgehead atoms. The fourth-order valence-corrected chi connectivity index (χ4v) is 4.00. The van der Waals surface area contributed by atoms with Gasteiger partial charge in [-0.25, -0.2) is 4.79 Å². The van der Waals surface area contributed by atoms with Gasteiger partial charge in [-0.05, 0) is 38.3 Å². The molecule has 1 unspecified atom stereocenters. The third-order valence-electron chi connectivity index (χ3n) is 5.59. The maximum absolute atomic E-state index is 13.3. The zero-order valence-corrected chi connectivity index (χ0v) is 18.4. The van der Waals surface area contributed by atoms with Gasteiger partial charge in [-0.15, -0.1) is 0 Å². The molecule has 2 aromatic carbocycles. The first-order valence-corrected chi connectivity index (χ1v) is 10.8. The minimum absolute atomic E-state index is 0.0534. The van der Waals surface area contributed by atoms with Gasteiger partial charge in [-0.2, -0.15) is 0 Å². The van der Waals surface area contributed by atoms with Gasteiger partial charge in [-0.3, -0.25) is 4.79 Å². The van der Waals surface area contributed by atoms with Gasteiger partial charge in [0.1, 0.15) is 0 Å². The summed E-state index contributed by atoms with van der Waals surface area (Å²) in [7, 11) is 0. The van der Waals surface area contributed by atoms with Crippen LogP contribution in [0.1, 0.15) is 61.3 Å². The Kier molecular flexibility index (Phi) is 7.09. The van der Waals surface area contributed by atoms with Gasteiger partial charge >= 0.3 is 5.97 Å². The SMILES string of the molecule is CCCC1=C(C(=O)OCC)C(c2ccc(C)cc2)CC(=O)N1Cc1ccc(C)cc1. The second kappa shape index (κ2) is 9.75. The Morgan fingerprint density at radius 3 is 2.17 bits per heavy atom. The van der Waals surface area contributed by atoms with Crippen molar-refractivity contribution in [3.63, 3.8) is 0 Å². The third-order valence-corrected chi connectivity index (χ3v) is 5.59. The molecule has 1 atom stereocenters. The molecular weight excluding hydrogens is 374 g/mol. The standard InChI is InChI=1S/C26H31NO3/c1-5-7-23-25(26(29)30-6-2)22(21-14-10-19(4)11-15-21)16-24(28)27(23)17-20-12-8-18(3)9-13-20/h8-15,22H,5-7,16-17H2,1-4H3. The zero-order chi connectivity index (χ0) is 21.7. The van der Waals surface area contributed by atoms with Crippen molar-refractivity contribution in [3.05, 3.63) is 82.1 Å². The lowest BCUT2D eigenvalue weighted by Gasteiger charge is -2.36. The van der Waals surface area contributed by atoms with Crippen molar-refractivity contribution in [1.29, 1.82) is 0 Å². The molecule has 0 saturated heterocycles. The summed E-state index contributed by atoms with van der Waals surface area (Å²) in [5, 5.41) is 0. The van der Waals surface area contributed by atoms with Gasteiger partial charge in [-0.1, -0.05) is 73.0 Å². The summed E-state index contributed by atoms with van der Waals surface area (Å²) in [4.78, 5) is 28.1. The predicted molar refractivity (Wildman–Crippen MR) is 119 cm³/mol. The number of carbonyl (C=O) groups excluding carboxylic acids is 2. The fraction of sp³-hybridized carbons (Fsp3) is 0.385. The van der Waals surface area contributed by atoms with E-state index in [1.165, 1.54) is 5.56 Å². The van der Waals surface area contributed by atoms with Gasteiger partial charge < -0.3 is 9.64 Å². The molecular formula is C26H31NO3. The second-order valence-electron chi connectivity index (χ2n) is 7.96. The highest BCUT2D eigenvalue weighted by Crippen LogP contribution is 2.39. The summed E-state index contributed by atoms with van der Waals surface area (Å²) in [6.07, 6.45) is 1.78. The van der Waals surface area contributed by atoms with E-state index in [0.29, 0.717) is 25.1 Å². The fourth-order valence-electron chi connectivity index (χ4n) is 4.00. The Balaban J connectivity index is 2.08. The summed E-state index contributed by atoms with van der Waals surface area (Å²) in [5.41, 5.74) is 5.81. The molecule has 0 radical (unpaired) electrons. The number of benzene rings is 2. The number of amides is 1. The van der Waals surface area contributed by atoms with Crippen LogP contribution in [0.4, 0.5) is 0 Å². The van der Waals surface area contributed by atoms with Gasteiger partial charge in [0.05, 0.1) is 18.7 Å². The molecule has 2 aromatic rings. The molecule has 0 saturated carbocycles. The summed E-state index contributed by atoms with van der Waals surface area (Å²) in [6, 6.07) is 16.3. The van der Waals surface area contributed by atoms with Crippen molar-refractivity contribution in [2.24, 2.45) is 0 Å². The second-order valence-corrected chi connectivity index (χ2v) is 7.96. The Labute approximate surface area is 179 Å². The molecule has 158 valence electrons. The number of aryl methyl sites for hydroxylation is 2. The van der Waals surface area contributed by atoms with Crippen molar-refractivity contribution in [2.75, 3.05) is 6.61 Å². The molecule has 1 aliphatic heterocycles. The van der Waals surface area contributed by atoms with E-state index in [-0.39, 0.29) is 24.2 Å². The van der Waals surface area contributed by atoms with Crippen LogP contribution >= 0.6 is 0 Å². The van der Waals surface area contributed by atoms with Crippen LogP contribution in [0.3, 0.4) is 0 Å². The molecule has 1 amide bonds. The molecule has 0 aromatic heterocycles. The lowest BCUT2D eigenvalue weighted by Crippen LogP contribution is -2.39. The summed E-state index contributed by atoms with van der Waals surface area (Å²) >= 11 is 0. The van der Waals surface area contributed by atoms with Crippen LogP contribution in [0.2, 0.25) is 0 Å². The van der Waals surface area contributed by atoms with Crippen molar-refractivity contribution >= 4 is 11.9 Å². The number of carbonyl (C=O) groups is 2. The number of nitrogens with zero attached hydrogens (tertiary/aromatic N) is 1. The summed E-state index contributed by atoms with van der Waals surface area (Å²) in [6.45, 7) is 8.75. The molecule has 1 heterocycles. The maximum atomic E-state index is 13.3. The molecule has 0 aliphatic carbocycles. The average molecular weight is 406 g/mol. The molecule has 0 fully saturated rings. The topological polar surface area (TPSA) is 46.6 Å². The number of hydrogen-bond acceptors (Lipinski definition) is 3. The first-order valence-electron chi connectivity index (χ1n) is 10.8. The van der Waals surface area contributed by atoms with Gasteiger partial charge in [0, 0.05) is 18.0 Å². The van der Waals surface area contributed by atoms with Crippen molar-refractivity contribution in [2.45, 2.75) is 59.4 Å². The minimum atomic E-state index is -0.312. The van der Waals surface area contributed by atoms with Crippen LogP contribution in [0.5, 0.6) is 0 Å². The van der Waals surface area contributed by atoms with Crippen LogP contribution in [-0.2, 0) is 20.9 Å². The van der Waals surface area contributed by atoms with Crippen molar-refractivity contribution < 1.29 is 14.3 Å². The number of allylic oxidation sites excluding steroid dienone is 1. The van der Waals surface area contributed by atoms with Crippen LogP contribution in [-0.4, -0.2) is 23.4 Å². The number of rotatable bonds is 7. The molecule has 0 spiro atoms. The van der Waals surface area contributed by atoms with E-state index >= 15 is 0 Å². The average Bonchev–Trinajstić information content (AvgIpc) is 2.72. The normalized spacial score (nSPS) is 16.7. The summed E-state index contributed by atoms with van der Waals surface area (Å²) < 4.78 is 5.45. The Bertz CT molecular complexity index is 926. The van der Waals surface area contributed by atoms with E-state index in [4.69, 9.17) is 4.74 Å². The number of hydrogen-bond donors (Lipinski definition) is 0. The highest BCUT2D eigenvalue weighted by atomic mass is 16.5. The molecule has 0 N–H and O–H groups in total. The van der Waals surface area contributed by atoms with Crippen LogP contribution in [0.25, 0.3) is 0 Å². The van der Waals surface area contributed by atoms with E-state index in [2.05, 4.69) is 6.92 Å². The quantitative estimate of drug-likeness (QED) is 0.577. The Hall–Kier alpha value is -2.88. The molecule has 1 aliphatic rings. The van der Waals surface area contributed by atoms with Crippen molar-refractivity contribution in [3.8, 4) is 0 Å². The van der Waals surface area contributed by atoms with Gasteiger partial charge in [0.15, 0.2) is 0 Å². The third kappa shape index (κ3) is 4.81. The number of ether oxygens (including phenoxy) is 1. The van der Waals surface area contributed by atoms with E-state index in [0.717, 1.165) is 28.8 Å².